The molecule has 0 saturated heterocycles. The van der Waals surface area contributed by atoms with Crippen molar-refractivity contribution in [2.45, 2.75) is 4.90 Å². The average molecular weight is 528 g/mol. The van der Waals surface area contributed by atoms with Crippen LogP contribution in [0, 0.1) is 0 Å². The minimum absolute atomic E-state index is 0. The van der Waals surface area contributed by atoms with Gasteiger partial charge >= 0.3 is 0 Å². The molecular formula is C23H22BrN5O3S. The van der Waals surface area contributed by atoms with Gasteiger partial charge < -0.3 is 11.1 Å². The van der Waals surface area contributed by atoms with E-state index in [1.54, 1.807) is 65.5 Å². The van der Waals surface area contributed by atoms with Crippen LogP contribution in [0.15, 0.2) is 90.4 Å². The number of amides is 1. The fourth-order valence-corrected chi connectivity index (χ4v) is 4.31. The summed E-state index contributed by atoms with van der Waals surface area (Å²) in [5, 5.41) is 6.81. The monoisotopic (exact) mass is 527 g/mol. The van der Waals surface area contributed by atoms with Gasteiger partial charge in [0, 0.05) is 37.3 Å². The van der Waals surface area contributed by atoms with Gasteiger partial charge in [-0.1, -0.05) is 24.3 Å². The van der Waals surface area contributed by atoms with Gasteiger partial charge in [-0.2, -0.15) is 5.10 Å². The highest BCUT2D eigenvalue weighted by atomic mass is 79.9. The molecule has 0 unspecified atom stereocenters. The predicted molar refractivity (Wildman–Crippen MR) is 134 cm³/mol. The Morgan fingerprint density at radius 3 is 2.42 bits per heavy atom. The zero-order valence-electron chi connectivity index (χ0n) is 17.6. The molecule has 0 aliphatic heterocycles. The fourth-order valence-electron chi connectivity index (χ4n) is 3.11. The summed E-state index contributed by atoms with van der Waals surface area (Å²) in [5.41, 5.74) is 9.13. The molecule has 2 aromatic heterocycles. The summed E-state index contributed by atoms with van der Waals surface area (Å²) in [5.74, 6) is -0.371. The third-order valence-corrected chi connectivity index (χ3v) is 6.45. The van der Waals surface area contributed by atoms with Crippen molar-refractivity contribution in [3.63, 3.8) is 0 Å². The number of rotatable bonds is 6. The first kappa shape index (κ1) is 24.0. The zero-order chi connectivity index (χ0) is 22.7. The molecule has 8 nitrogen and oxygen atoms in total. The number of anilines is 2. The van der Waals surface area contributed by atoms with Crippen molar-refractivity contribution in [3.05, 3.63) is 91.0 Å². The number of nitrogens with two attached hydrogens (primary N) is 1. The molecule has 0 bridgehead atoms. The molecule has 33 heavy (non-hydrogen) atoms. The summed E-state index contributed by atoms with van der Waals surface area (Å²) >= 11 is 0. The van der Waals surface area contributed by atoms with Crippen molar-refractivity contribution in [3.8, 4) is 11.1 Å². The van der Waals surface area contributed by atoms with Crippen LogP contribution in [0.3, 0.4) is 0 Å². The number of hydrogen-bond donors (Lipinski definition) is 2. The van der Waals surface area contributed by atoms with E-state index in [2.05, 4.69) is 10.4 Å². The second-order valence-corrected chi connectivity index (χ2v) is 8.96. The first-order valence-electron chi connectivity index (χ1n) is 9.69. The molecule has 0 fully saturated rings. The predicted octanol–water partition coefficient (Wildman–Crippen LogP) is 3.94. The lowest BCUT2D eigenvalue weighted by molar-refractivity contribution is -0.111. The number of nitrogens with zero attached hydrogens (tertiary/aromatic N) is 3. The third kappa shape index (κ3) is 5.41. The topological polar surface area (TPSA) is 112 Å². The molecule has 0 aliphatic rings. The van der Waals surface area contributed by atoms with Gasteiger partial charge in [0.2, 0.25) is 5.91 Å². The zero-order valence-corrected chi connectivity index (χ0v) is 20.2. The van der Waals surface area contributed by atoms with Crippen LogP contribution in [0.25, 0.3) is 17.2 Å². The van der Waals surface area contributed by atoms with Crippen LogP contribution in [-0.4, -0.2) is 28.1 Å². The van der Waals surface area contributed by atoms with Crippen molar-refractivity contribution in [1.82, 2.24) is 13.8 Å². The van der Waals surface area contributed by atoms with Gasteiger partial charge in [-0.05, 0) is 47.5 Å². The van der Waals surface area contributed by atoms with E-state index in [0.717, 1.165) is 15.1 Å². The van der Waals surface area contributed by atoms with E-state index < -0.39 is 10.0 Å². The van der Waals surface area contributed by atoms with Crippen molar-refractivity contribution >= 4 is 50.4 Å². The summed E-state index contributed by atoms with van der Waals surface area (Å²) in [7, 11) is -1.94. The van der Waals surface area contributed by atoms with Gasteiger partial charge in [0.05, 0.1) is 22.5 Å². The van der Waals surface area contributed by atoms with E-state index in [-0.39, 0.29) is 27.8 Å². The maximum atomic E-state index is 12.9. The van der Waals surface area contributed by atoms with Crippen LogP contribution in [0.1, 0.15) is 5.56 Å². The number of aryl methyl sites for hydroxylation is 1. The van der Waals surface area contributed by atoms with Gasteiger partial charge in [0.15, 0.2) is 0 Å². The van der Waals surface area contributed by atoms with E-state index >= 15 is 0 Å². The Morgan fingerprint density at radius 1 is 1.03 bits per heavy atom. The van der Waals surface area contributed by atoms with Crippen molar-refractivity contribution in [2.24, 2.45) is 7.05 Å². The average Bonchev–Trinajstić information content (AvgIpc) is 3.44. The van der Waals surface area contributed by atoms with Gasteiger partial charge in [-0.15, -0.1) is 17.0 Å². The highest BCUT2D eigenvalue weighted by Crippen LogP contribution is 2.22. The molecule has 4 rings (SSSR count). The quantitative estimate of drug-likeness (QED) is 0.291. The second kappa shape index (κ2) is 9.88. The SMILES string of the molecule is Br.Cn1cc(-c2ccc(S(=O)(=O)n3ccc(/C=C/C(=O)Nc4ccccc4N)c3)cc2)cn1. The lowest BCUT2D eigenvalue weighted by Crippen LogP contribution is -2.10. The number of nitrogens with one attached hydrogen (secondary N) is 1. The van der Waals surface area contributed by atoms with E-state index in [9.17, 15) is 13.2 Å². The highest BCUT2D eigenvalue weighted by Gasteiger charge is 2.16. The first-order valence-corrected chi connectivity index (χ1v) is 11.1. The fraction of sp³-hybridized carbons (Fsp3) is 0.0435. The van der Waals surface area contributed by atoms with Crippen LogP contribution in [0.4, 0.5) is 11.4 Å². The lowest BCUT2D eigenvalue weighted by Gasteiger charge is -2.06. The normalized spacial score (nSPS) is 11.3. The Morgan fingerprint density at radius 2 is 1.76 bits per heavy atom. The second-order valence-electron chi connectivity index (χ2n) is 7.12. The molecule has 1 amide bonds. The number of carbonyl (C=O) groups excluding carboxylic acids is 1. The summed E-state index contributed by atoms with van der Waals surface area (Å²) in [6, 6.07) is 15.2. The molecular weight excluding hydrogens is 506 g/mol. The molecule has 0 atom stereocenters. The van der Waals surface area contributed by atoms with Crippen LogP contribution in [0.2, 0.25) is 0 Å². The van der Waals surface area contributed by atoms with E-state index in [1.165, 1.54) is 24.5 Å². The summed E-state index contributed by atoms with van der Waals surface area (Å²) in [4.78, 5) is 12.3. The molecule has 0 aliphatic carbocycles. The van der Waals surface area contributed by atoms with Crippen molar-refractivity contribution in [1.29, 1.82) is 0 Å². The summed E-state index contributed by atoms with van der Waals surface area (Å²) in [6.45, 7) is 0. The number of hydrogen-bond acceptors (Lipinski definition) is 5. The molecule has 2 aromatic carbocycles. The molecule has 2 heterocycles. The lowest BCUT2D eigenvalue weighted by atomic mass is 10.1. The smallest absolute Gasteiger partial charge is 0.267 e. The molecule has 4 aromatic rings. The number of para-hydroxylation sites is 2. The molecule has 170 valence electrons. The number of carbonyl (C=O) groups is 1. The molecule has 10 heteroatoms. The standard InChI is InChI=1S/C23H21N5O3S.BrH/c1-27-16-19(14-25-27)18-7-9-20(10-8-18)32(30,31)28-13-12-17(15-28)6-11-23(29)26-22-5-3-2-4-21(22)24;/h2-16H,24H2,1H3,(H,26,29);1H/b11-6+;. The Hall–Kier alpha value is -3.63. The number of aromatic nitrogens is 3. The maximum absolute atomic E-state index is 12.9. The highest BCUT2D eigenvalue weighted by molar-refractivity contribution is 8.93. The number of halogens is 1. The van der Waals surface area contributed by atoms with E-state index in [4.69, 9.17) is 5.73 Å². The molecule has 3 N–H and O–H groups in total. The first-order chi connectivity index (χ1) is 15.3. The minimum Gasteiger partial charge on any atom is -0.397 e. The third-order valence-electron chi connectivity index (χ3n) is 4.80. The van der Waals surface area contributed by atoms with Crippen molar-refractivity contribution in [2.75, 3.05) is 11.1 Å². The molecule has 0 saturated carbocycles. The number of benzene rings is 2. The minimum atomic E-state index is -3.76. The summed E-state index contributed by atoms with van der Waals surface area (Å²) < 4.78 is 28.7. The van der Waals surface area contributed by atoms with Crippen LogP contribution >= 0.6 is 17.0 Å². The molecule has 0 radical (unpaired) electrons. The Kier molecular flexibility index (Phi) is 7.19. The van der Waals surface area contributed by atoms with E-state index in [0.29, 0.717) is 16.9 Å². The molecule has 0 spiro atoms. The van der Waals surface area contributed by atoms with Crippen LogP contribution < -0.4 is 11.1 Å². The Labute approximate surface area is 202 Å². The van der Waals surface area contributed by atoms with Gasteiger partial charge in [-0.25, -0.2) is 12.4 Å². The number of nitrogen functional groups attached to an aromatic ring is 1. The van der Waals surface area contributed by atoms with Gasteiger partial charge in [0.1, 0.15) is 0 Å². The van der Waals surface area contributed by atoms with Gasteiger partial charge in [-0.3, -0.25) is 9.48 Å². The van der Waals surface area contributed by atoms with Gasteiger partial charge in [0.25, 0.3) is 10.0 Å². The van der Waals surface area contributed by atoms with Crippen molar-refractivity contribution < 1.29 is 13.2 Å². The summed E-state index contributed by atoms with van der Waals surface area (Å²) in [6.07, 6.45) is 9.32. The maximum Gasteiger partial charge on any atom is 0.267 e. The largest absolute Gasteiger partial charge is 0.397 e. The van der Waals surface area contributed by atoms with Crippen LogP contribution in [0.5, 0.6) is 0 Å². The Balaban J connectivity index is 0.00000306. The van der Waals surface area contributed by atoms with E-state index in [1.807, 2.05) is 13.2 Å². The van der Waals surface area contributed by atoms with Crippen LogP contribution in [-0.2, 0) is 21.9 Å². The Bertz CT molecular complexity index is 1410.